The van der Waals surface area contributed by atoms with E-state index in [9.17, 15) is 13.5 Å². The van der Waals surface area contributed by atoms with Gasteiger partial charge in [0.15, 0.2) is 0 Å². The maximum absolute atomic E-state index is 13.3. The van der Waals surface area contributed by atoms with E-state index in [0.717, 1.165) is 23.1 Å². The minimum absolute atomic E-state index is 0.183. The maximum Gasteiger partial charge on any atom is 0.268 e. The van der Waals surface area contributed by atoms with Crippen LogP contribution in [-0.4, -0.2) is 29.5 Å². The second-order valence-electron chi connectivity index (χ2n) is 5.92. The summed E-state index contributed by atoms with van der Waals surface area (Å²) in [4.78, 5) is 0.183. The third kappa shape index (κ3) is 3.51. The molecule has 0 unspecified atom stereocenters. The van der Waals surface area contributed by atoms with E-state index < -0.39 is 10.0 Å². The number of halogens is 1. The van der Waals surface area contributed by atoms with Crippen LogP contribution in [0.15, 0.2) is 53.4 Å². The number of aromatic nitrogens is 1. The number of aliphatic hydroxyl groups is 1. The molecular formula is C19H20ClNO3S2. The molecule has 3 aromatic rings. The highest BCUT2D eigenvalue weighted by molar-refractivity contribution is 7.98. The summed E-state index contributed by atoms with van der Waals surface area (Å²) in [5.74, 6) is 0.969. The standard InChI is InChI=1S/C19H20ClNO3S2/c1-25-11-5-8-16-17-10-9-14(20)12-18(17)21(19(16)13-22)26(23,24)15-6-3-2-4-7-15/h2-4,6-7,9-10,12,22H,5,8,11,13H2,1H3. The van der Waals surface area contributed by atoms with Gasteiger partial charge in [0.05, 0.1) is 22.7 Å². The largest absolute Gasteiger partial charge is 0.390 e. The molecule has 1 heterocycles. The molecule has 26 heavy (non-hydrogen) atoms. The van der Waals surface area contributed by atoms with E-state index >= 15 is 0 Å². The van der Waals surface area contributed by atoms with Crippen LogP contribution >= 0.6 is 23.4 Å². The van der Waals surface area contributed by atoms with E-state index in [2.05, 4.69) is 0 Å². The lowest BCUT2D eigenvalue weighted by atomic mass is 10.1. The van der Waals surface area contributed by atoms with Gasteiger partial charge in [0.2, 0.25) is 0 Å². The van der Waals surface area contributed by atoms with Gasteiger partial charge in [-0.1, -0.05) is 35.9 Å². The molecule has 0 saturated heterocycles. The first kappa shape index (κ1) is 19.3. The zero-order valence-corrected chi connectivity index (χ0v) is 16.7. The van der Waals surface area contributed by atoms with E-state index in [1.165, 1.54) is 3.97 Å². The first-order valence-electron chi connectivity index (χ1n) is 8.23. The molecule has 138 valence electrons. The highest BCUT2D eigenvalue weighted by Crippen LogP contribution is 2.33. The maximum atomic E-state index is 13.3. The lowest BCUT2D eigenvalue weighted by Crippen LogP contribution is -2.16. The van der Waals surface area contributed by atoms with Crippen molar-refractivity contribution in [3.05, 3.63) is 64.8 Å². The molecule has 0 amide bonds. The van der Waals surface area contributed by atoms with Gasteiger partial charge in [-0.15, -0.1) is 0 Å². The summed E-state index contributed by atoms with van der Waals surface area (Å²) >= 11 is 7.89. The molecule has 4 nitrogen and oxygen atoms in total. The van der Waals surface area contributed by atoms with Crippen LogP contribution in [0.2, 0.25) is 5.02 Å². The second-order valence-corrected chi connectivity index (χ2v) is 9.13. The van der Waals surface area contributed by atoms with Crippen LogP contribution in [0.25, 0.3) is 10.9 Å². The van der Waals surface area contributed by atoms with Crippen LogP contribution in [0, 0.1) is 0 Å². The van der Waals surface area contributed by atoms with E-state index in [1.54, 1.807) is 54.2 Å². The number of nitrogens with zero attached hydrogens (tertiary/aromatic N) is 1. The molecule has 1 aromatic heterocycles. The third-order valence-electron chi connectivity index (χ3n) is 4.30. The summed E-state index contributed by atoms with van der Waals surface area (Å²) in [5.41, 5.74) is 1.78. The molecule has 0 bridgehead atoms. The van der Waals surface area contributed by atoms with Gasteiger partial charge in [-0.05, 0) is 54.7 Å². The minimum Gasteiger partial charge on any atom is -0.390 e. The van der Waals surface area contributed by atoms with Crippen molar-refractivity contribution >= 4 is 44.3 Å². The number of rotatable bonds is 7. The van der Waals surface area contributed by atoms with Gasteiger partial charge in [-0.2, -0.15) is 11.8 Å². The number of thioether (sulfide) groups is 1. The quantitative estimate of drug-likeness (QED) is 0.590. The van der Waals surface area contributed by atoms with Crippen LogP contribution in [0.4, 0.5) is 0 Å². The summed E-state index contributed by atoms with van der Waals surface area (Å²) in [5, 5.41) is 11.3. The summed E-state index contributed by atoms with van der Waals surface area (Å²) in [6, 6.07) is 13.5. The minimum atomic E-state index is -3.84. The summed E-state index contributed by atoms with van der Waals surface area (Å²) in [6.45, 7) is -0.354. The number of hydrogen-bond donors (Lipinski definition) is 1. The topological polar surface area (TPSA) is 59.3 Å². The van der Waals surface area contributed by atoms with Crippen LogP contribution in [-0.2, 0) is 23.1 Å². The van der Waals surface area contributed by atoms with Gasteiger partial charge in [0.25, 0.3) is 10.0 Å². The number of aliphatic hydroxyl groups excluding tert-OH is 1. The normalized spacial score (nSPS) is 12.0. The van der Waals surface area contributed by atoms with Crippen molar-refractivity contribution in [2.24, 2.45) is 0 Å². The fraction of sp³-hybridized carbons (Fsp3) is 0.263. The van der Waals surface area contributed by atoms with Crippen LogP contribution in [0.1, 0.15) is 17.7 Å². The van der Waals surface area contributed by atoms with E-state index in [4.69, 9.17) is 11.6 Å². The Morgan fingerprint density at radius 3 is 2.54 bits per heavy atom. The van der Waals surface area contributed by atoms with Crippen LogP contribution < -0.4 is 0 Å². The molecule has 0 saturated carbocycles. The van der Waals surface area contributed by atoms with Gasteiger partial charge in [-0.3, -0.25) is 0 Å². The zero-order valence-electron chi connectivity index (χ0n) is 14.4. The first-order chi connectivity index (χ1) is 12.5. The molecule has 0 aliphatic carbocycles. The Labute approximate surface area is 162 Å². The first-order valence-corrected chi connectivity index (χ1v) is 11.4. The SMILES string of the molecule is CSCCCc1c(CO)n(S(=O)(=O)c2ccccc2)c2cc(Cl)ccc12. The molecule has 0 fully saturated rings. The van der Waals surface area contributed by atoms with Gasteiger partial charge in [0, 0.05) is 10.4 Å². The van der Waals surface area contributed by atoms with Gasteiger partial charge in [0.1, 0.15) is 0 Å². The number of benzene rings is 2. The number of aryl methyl sites for hydroxylation is 1. The Hall–Kier alpha value is -1.47. The average Bonchev–Trinajstić information content (AvgIpc) is 2.96. The highest BCUT2D eigenvalue weighted by atomic mass is 35.5. The molecule has 7 heteroatoms. The van der Waals surface area contributed by atoms with Crippen molar-refractivity contribution in [2.75, 3.05) is 12.0 Å². The molecule has 0 aliphatic rings. The fourth-order valence-corrected chi connectivity index (χ4v) is 5.34. The van der Waals surface area contributed by atoms with Crippen molar-refractivity contribution in [3.8, 4) is 0 Å². The predicted molar refractivity (Wildman–Crippen MR) is 109 cm³/mol. The van der Waals surface area contributed by atoms with Crippen LogP contribution in [0.5, 0.6) is 0 Å². The molecule has 3 rings (SSSR count). The second kappa shape index (κ2) is 8.05. The Morgan fingerprint density at radius 2 is 1.88 bits per heavy atom. The lowest BCUT2D eigenvalue weighted by molar-refractivity contribution is 0.275. The molecule has 0 aliphatic heterocycles. The monoisotopic (exact) mass is 409 g/mol. The Balaban J connectivity index is 2.29. The van der Waals surface area contributed by atoms with Crippen molar-refractivity contribution in [1.82, 2.24) is 3.97 Å². The smallest absolute Gasteiger partial charge is 0.268 e. The number of fused-ring (bicyclic) bond motifs is 1. The summed E-state index contributed by atoms with van der Waals surface area (Å²) in [6.07, 6.45) is 3.64. The summed E-state index contributed by atoms with van der Waals surface area (Å²) < 4.78 is 27.8. The lowest BCUT2D eigenvalue weighted by Gasteiger charge is -2.12. The Bertz CT molecular complexity index is 1010. The average molecular weight is 410 g/mol. The molecule has 0 atom stereocenters. The molecule has 2 aromatic carbocycles. The predicted octanol–water partition coefficient (Wildman–Crippen LogP) is 4.32. The van der Waals surface area contributed by atoms with E-state index in [-0.39, 0.29) is 11.5 Å². The van der Waals surface area contributed by atoms with Crippen molar-refractivity contribution < 1.29 is 13.5 Å². The fourth-order valence-electron chi connectivity index (χ4n) is 3.16. The van der Waals surface area contributed by atoms with Crippen molar-refractivity contribution in [2.45, 2.75) is 24.3 Å². The van der Waals surface area contributed by atoms with E-state index in [0.29, 0.717) is 22.7 Å². The molecule has 1 N–H and O–H groups in total. The highest BCUT2D eigenvalue weighted by Gasteiger charge is 2.26. The molecule has 0 radical (unpaired) electrons. The number of hydrogen-bond acceptors (Lipinski definition) is 4. The molecular weight excluding hydrogens is 390 g/mol. The van der Waals surface area contributed by atoms with Gasteiger partial charge >= 0.3 is 0 Å². The Morgan fingerprint density at radius 1 is 1.15 bits per heavy atom. The van der Waals surface area contributed by atoms with Crippen molar-refractivity contribution in [1.29, 1.82) is 0 Å². The van der Waals surface area contributed by atoms with Gasteiger partial charge < -0.3 is 5.11 Å². The van der Waals surface area contributed by atoms with E-state index in [1.807, 2.05) is 12.3 Å². The Kier molecular flexibility index (Phi) is 5.97. The summed E-state index contributed by atoms with van der Waals surface area (Å²) in [7, 11) is -3.84. The van der Waals surface area contributed by atoms with Crippen molar-refractivity contribution in [3.63, 3.8) is 0 Å². The zero-order chi connectivity index (χ0) is 18.7. The molecule has 0 spiro atoms. The van der Waals surface area contributed by atoms with Crippen LogP contribution in [0.3, 0.4) is 0 Å². The third-order valence-corrected chi connectivity index (χ3v) is 7.00. The van der Waals surface area contributed by atoms with Gasteiger partial charge in [-0.25, -0.2) is 12.4 Å².